The molecule has 2 aromatic rings. The number of pyridine rings is 1. The van der Waals surface area contributed by atoms with Gasteiger partial charge >= 0.3 is 0 Å². The van der Waals surface area contributed by atoms with Crippen molar-refractivity contribution < 1.29 is 9.59 Å². The van der Waals surface area contributed by atoms with E-state index < -0.39 is 0 Å². The number of imide groups is 1. The number of hydrogen-bond donors (Lipinski definition) is 1. The van der Waals surface area contributed by atoms with Crippen LogP contribution in [-0.2, 0) is 4.79 Å². The topological polar surface area (TPSA) is 80.7 Å². The van der Waals surface area contributed by atoms with Crippen LogP contribution in [-0.4, -0.2) is 39.2 Å². The molecular weight excluding hydrogens is 232 g/mol. The highest BCUT2D eigenvalue weighted by molar-refractivity contribution is 6.04. The van der Waals surface area contributed by atoms with E-state index in [1.807, 2.05) is 0 Å². The molecule has 6 heteroatoms. The third kappa shape index (κ3) is 2.23. The Morgan fingerprint density at radius 2 is 2.28 bits per heavy atom. The molecule has 94 valence electrons. The maximum absolute atomic E-state index is 12.2. The molecule has 0 spiro atoms. The Morgan fingerprint density at radius 3 is 2.94 bits per heavy atom. The molecule has 0 aliphatic rings. The van der Waals surface area contributed by atoms with Crippen LogP contribution in [0, 0.1) is 0 Å². The summed E-state index contributed by atoms with van der Waals surface area (Å²) in [5.41, 5.74) is 6.65. The largest absolute Gasteiger partial charge is 0.329 e. The first-order valence-corrected chi connectivity index (χ1v) is 5.57. The van der Waals surface area contributed by atoms with Crippen molar-refractivity contribution in [2.24, 2.45) is 5.73 Å². The fraction of sp³-hybridized carbons (Fsp3) is 0.250. The summed E-state index contributed by atoms with van der Waals surface area (Å²) in [5, 5.41) is 0. The average molecular weight is 246 g/mol. The normalized spacial score (nSPS) is 10.6. The quantitative estimate of drug-likeness (QED) is 0.843. The molecule has 0 unspecified atom stereocenters. The van der Waals surface area contributed by atoms with E-state index in [1.54, 1.807) is 35.3 Å². The number of amides is 2. The molecule has 0 saturated carbocycles. The molecule has 0 aliphatic heterocycles. The number of aromatic nitrogens is 2. The number of nitrogens with zero attached hydrogens (tertiary/aromatic N) is 3. The van der Waals surface area contributed by atoms with Crippen molar-refractivity contribution in [2.75, 3.05) is 13.1 Å². The minimum Gasteiger partial charge on any atom is -0.329 e. The summed E-state index contributed by atoms with van der Waals surface area (Å²) in [6, 6.07) is 3.35. The van der Waals surface area contributed by atoms with Crippen LogP contribution in [0.1, 0.15) is 17.3 Å². The molecule has 2 aromatic heterocycles. The minimum absolute atomic E-state index is 0.221. The number of fused-ring (bicyclic) bond motifs is 1. The SMILES string of the molecule is CC(=O)N(CCN)C(=O)c1ccn2cncc2c1. The standard InChI is InChI=1S/C12H14N4O2/c1-9(17)16(5-3-13)12(18)10-2-4-15-8-14-7-11(15)6-10/h2,4,6-8H,3,5,13H2,1H3. The Balaban J connectivity index is 2.33. The molecule has 0 aliphatic carbocycles. The lowest BCUT2D eigenvalue weighted by Gasteiger charge is -2.18. The van der Waals surface area contributed by atoms with E-state index in [0.717, 1.165) is 10.4 Å². The molecule has 0 atom stereocenters. The fourth-order valence-corrected chi connectivity index (χ4v) is 1.74. The molecule has 0 fully saturated rings. The second kappa shape index (κ2) is 4.97. The summed E-state index contributed by atoms with van der Waals surface area (Å²) in [4.78, 5) is 28.7. The lowest BCUT2D eigenvalue weighted by molar-refractivity contribution is -0.126. The van der Waals surface area contributed by atoms with Gasteiger partial charge in [0, 0.05) is 31.8 Å². The summed E-state index contributed by atoms with van der Waals surface area (Å²) in [6.07, 6.45) is 5.03. The van der Waals surface area contributed by atoms with Crippen LogP contribution < -0.4 is 5.73 Å². The van der Waals surface area contributed by atoms with Gasteiger partial charge in [-0.1, -0.05) is 0 Å². The number of carbonyl (C=O) groups is 2. The molecule has 0 saturated heterocycles. The number of hydrogen-bond acceptors (Lipinski definition) is 4. The zero-order chi connectivity index (χ0) is 13.1. The summed E-state index contributed by atoms with van der Waals surface area (Å²) in [5.74, 6) is -0.643. The molecule has 0 bridgehead atoms. The Labute approximate surface area is 104 Å². The highest BCUT2D eigenvalue weighted by Crippen LogP contribution is 2.09. The molecule has 0 radical (unpaired) electrons. The van der Waals surface area contributed by atoms with Gasteiger partial charge in [0.25, 0.3) is 5.91 Å². The van der Waals surface area contributed by atoms with E-state index in [9.17, 15) is 9.59 Å². The van der Waals surface area contributed by atoms with E-state index >= 15 is 0 Å². The highest BCUT2D eigenvalue weighted by atomic mass is 16.2. The van der Waals surface area contributed by atoms with Crippen molar-refractivity contribution in [3.63, 3.8) is 0 Å². The fourth-order valence-electron chi connectivity index (χ4n) is 1.74. The number of carbonyl (C=O) groups excluding carboxylic acids is 2. The van der Waals surface area contributed by atoms with Crippen LogP contribution in [0.3, 0.4) is 0 Å². The molecule has 2 heterocycles. The van der Waals surface area contributed by atoms with E-state index in [1.165, 1.54) is 6.92 Å². The molecular formula is C12H14N4O2. The van der Waals surface area contributed by atoms with Crippen LogP contribution >= 0.6 is 0 Å². The lowest BCUT2D eigenvalue weighted by Crippen LogP contribution is -2.38. The van der Waals surface area contributed by atoms with Gasteiger partial charge in [0.15, 0.2) is 0 Å². The first kappa shape index (κ1) is 12.3. The zero-order valence-corrected chi connectivity index (χ0v) is 10.0. The molecule has 2 amide bonds. The van der Waals surface area contributed by atoms with Gasteiger partial charge in [0.1, 0.15) is 0 Å². The second-order valence-electron chi connectivity index (χ2n) is 3.91. The van der Waals surface area contributed by atoms with Gasteiger partial charge in [-0.3, -0.25) is 14.5 Å². The zero-order valence-electron chi connectivity index (χ0n) is 10.0. The van der Waals surface area contributed by atoms with Crippen molar-refractivity contribution in [1.82, 2.24) is 14.3 Å². The summed E-state index contributed by atoms with van der Waals surface area (Å²) in [7, 11) is 0. The Morgan fingerprint density at radius 1 is 1.50 bits per heavy atom. The minimum atomic E-state index is -0.336. The van der Waals surface area contributed by atoms with E-state index in [-0.39, 0.29) is 24.9 Å². The van der Waals surface area contributed by atoms with E-state index in [0.29, 0.717) is 5.56 Å². The monoisotopic (exact) mass is 246 g/mol. The van der Waals surface area contributed by atoms with Gasteiger partial charge in [-0.15, -0.1) is 0 Å². The second-order valence-corrected chi connectivity index (χ2v) is 3.91. The van der Waals surface area contributed by atoms with E-state index in [2.05, 4.69) is 4.98 Å². The Bertz CT molecular complexity index is 591. The summed E-state index contributed by atoms with van der Waals surface area (Å²) >= 11 is 0. The van der Waals surface area contributed by atoms with E-state index in [4.69, 9.17) is 5.73 Å². The van der Waals surface area contributed by atoms with Crippen LogP contribution in [0.15, 0.2) is 30.9 Å². The maximum Gasteiger partial charge on any atom is 0.260 e. The van der Waals surface area contributed by atoms with Gasteiger partial charge in [-0.25, -0.2) is 4.98 Å². The lowest BCUT2D eigenvalue weighted by atomic mass is 10.2. The Hall–Kier alpha value is -2.21. The predicted octanol–water partition coefficient (Wildman–Crippen LogP) is 0.282. The third-order valence-corrected chi connectivity index (χ3v) is 2.64. The third-order valence-electron chi connectivity index (χ3n) is 2.64. The number of nitrogens with two attached hydrogens (primary N) is 1. The van der Waals surface area contributed by atoms with Gasteiger partial charge < -0.3 is 10.1 Å². The van der Waals surface area contributed by atoms with Gasteiger partial charge in [0.2, 0.25) is 5.91 Å². The first-order valence-electron chi connectivity index (χ1n) is 5.57. The summed E-state index contributed by atoms with van der Waals surface area (Å²) < 4.78 is 1.79. The van der Waals surface area contributed by atoms with Gasteiger partial charge in [-0.05, 0) is 12.1 Å². The van der Waals surface area contributed by atoms with Gasteiger partial charge in [0.05, 0.1) is 18.0 Å². The molecule has 0 aromatic carbocycles. The average Bonchev–Trinajstić information content (AvgIpc) is 2.81. The Kier molecular flexibility index (Phi) is 3.38. The molecule has 18 heavy (non-hydrogen) atoms. The maximum atomic E-state index is 12.2. The number of rotatable bonds is 3. The van der Waals surface area contributed by atoms with Crippen LogP contribution in [0.25, 0.3) is 5.52 Å². The van der Waals surface area contributed by atoms with Gasteiger partial charge in [-0.2, -0.15) is 0 Å². The van der Waals surface area contributed by atoms with Crippen molar-refractivity contribution in [3.05, 3.63) is 36.4 Å². The first-order chi connectivity index (χ1) is 8.63. The van der Waals surface area contributed by atoms with Crippen molar-refractivity contribution in [2.45, 2.75) is 6.92 Å². The van der Waals surface area contributed by atoms with Crippen LogP contribution in [0.4, 0.5) is 0 Å². The number of imidazole rings is 1. The predicted molar refractivity (Wildman–Crippen MR) is 66.0 cm³/mol. The van der Waals surface area contributed by atoms with Crippen LogP contribution in [0.5, 0.6) is 0 Å². The smallest absolute Gasteiger partial charge is 0.260 e. The molecule has 2 rings (SSSR count). The highest BCUT2D eigenvalue weighted by Gasteiger charge is 2.19. The van der Waals surface area contributed by atoms with Crippen molar-refractivity contribution in [3.8, 4) is 0 Å². The molecule has 2 N–H and O–H groups in total. The van der Waals surface area contributed by atoms with Crippen molar-refractivity contribution in [1.29, 1.82) is 0 Å². The van der Waals surface area contributed by atoms with Crippen LogP contribution in [0.2, 0.25) is 0 Å². The summed E-state index contributed by atoms with van der Waals surface area (Å²) in [6.45, 7) is 1.82. The van der Waals surface area contributed by atoms with Crippen molar-refractivity contribution >= 4 is 17.3 Å². The molecule has 6 nitrogen and oxygen atoms in total.